The van der Waals surface area contributed by atoms with Crippen molar-refractivity contribution in [1.82, 2.24) is 0 Å². The van der Waals surface area contributed by atoms with Gasteiger partial charge in [0.1, 0.15) is 0 Å². The van der Waals surface area contributed by atoms with Crippen molar-refractivity contribution in [2.75, 3.05) is 0 Å². The predicted molar refractivity (Wildman–Crippen MR) is 50.2 cm³/mol. The number of hydrogen-bond acceptors (Lipinski definition) is 2. The fraction of sp³-hybridized carbons (Fsp3) is 0. The molecule has 11 heavy (non-hydrogen) atoms. The Kier molecular flexibility index (Phi) is 2.82. The first-order valence-electron chi connectivity index (χ1n) is 2.78. The van der Waals surface area contributed by atoms with Crippen LogP contribution >= 0.6 is 28.6 Å². The fourth-order valence-corrected chi connectivity index (χ4v) is 1.18. The molecule has 0 amide bonds. The van der Waals surface area contributed by atoms with Crippen molar-refractivity contribution in [3.8, 4) is 0 Å². The average molecular weight is 230 g/mol. The third-order valence-corrected chi connectivity index (χ3v) is 2.56. The van der Waals surface area contributed by atoms with Crippen LogP contribution in [0.5, 0.6) is 0 Å². The zero-order valence-electron chi connectivity index (χ0n) is 5.40. The van der Waals surface area contributed by atoms with Gasteiger partial charge in [-0.15, -0.1) is 12.6 Å². The van der Waals surface area contributed by atoms with E-state index >= 15 is 0 Å². The van der Waals surface area contributed by atoms with E-state index in [0.717, 1.165) is 4.47 Å². The maximum Gasteiger partial charge on any atom is 0.0520 e. The van der Waals surface area contributed by atoms with Crippen LogP contribution in [0.15, 0.2) is 32.7 Å². The van der Waals surface area contributed by atoms with Gasteiger partial charge in [0.05, 0.1) is 5.69 Å². The molecule has 5 heteroatoms. The molecule has 3 nitrogen and oxygen atoms in total. The van der Waals surface area contributed by atoms with Gasteiger partial charge in [-0.3, -0.25) is 0 Å². The number of thiol groups is 1. The molecule has 0 bridgehead atoms. The number of nitrogens with zero attached hydrogens (tertiary/aromatic N) is 3. The van der Waals surface area contributed by atoms with Gasteiger partial charge in [0, 0.05) is 14.3 Å². The van der Waals surface area contributed by atoms with Crippen LogP contribution in [0.1, 0.15) is 0 Å². The minimum atomic E-state index is 0.533. The van der Waals surface area contributed by atoms with Gasteiger partial charge in [-0.1, -0.05) is 17.2 Å². The van der Waals surface area contributed by atoms with Crippen LogP contribution in [0.25, 0.3) is 10.4 Å². The van der Waals surface area contributed by atoms with Crippen LogP contribution in [-0.4, -0.2) is 0 Å². The van der Waals surface area contributed by atoms with Crippen LogP contribution in [0.3, 0.4) is 0 Å². The molecule has 0 aliphatic carbocycles. The van der Waals surface area contributed by atoms with Gasteiger partial charge < -0.3 is 0 Å². The molecule has 0 spiro atoms. The van der Waals surface area contributed by atoms with E-state index in [1.54, 1.807) is 12.1 Å². The first-order chi connectivity index (χ1) is 5.25. The van der Waals surface area contributed by atoms with E-state index in [1.807, 2.05) is 6.07 Å². The summed E-state index contributed by atoms with van der Waals surface area (Å²) in [4.78, 5) is 3.32. The summed E-state index contributed by atoms with van der Waals surface area (Å²) in [5.41, 5.74) is 8.68. The first kappa shape index (κ1) is 8.46. The molecule has 0 aromatic heterocycles. The molecule has 1 aromatic rings. The van der Waals surface area contributed by atoms with E-state index in [0.29, 0.717) is 10.6 Å². The van der Waals surface area contributed by atoms with Gasteiger partial charge in [0.25, 0.3) is 0 Å². The topological polar surface area (TPSA) is 48.8 Å². The van der Waals surface area contributed by atoms with Crippen LogP contribution in [0.2, 0.25) is 0 Å². The summed E-state index contributed by atoms with van der Waals surface area (Å²) in [6.07, 6.45) is 0. The van der Waals surface area contributed by atoms with Crippen molar-refractivity contribution in [1.29, 1.82) is 0 Å². The molecule has 0 aliphatic rings. The molecule has 0 radical (unpaired) electrons. The largest absolute Gasteiger partial charge is 0.142 e. The Morgan fingerprint density at radius 3 is 2.91 bits per heavy atom. The second-order valence-corrected chi connectivity index (χ2v) is 3.10. The SMILES string of the molecule is [N-]=[N+]=Nc1cccc(Br)c1S. The van der Waals surface area contributed by atoms with Gasteiger partial charge in [0.2, 0.25) is 0 Å². The van der Waals surface area contributed by atoms with E-state index in [2.05, 4.69) is 38.6 Å². The molecular weight excluding hydrogens is 226 g/mol. The Balaban J connectivity index is 3.26. The third kappa shape index (κ3) is 1.89. The summed E-state index contributed by atoms with van der Waals surface area (Å²) < 4.78 is 0.825. The van der Waals surface area contributed by atoms with Crippen molar-refractivity contribution in [3.63, 3.8) is 0 Å². The lowest BCUT2D eigenvalue weighted by molar-refractivity contribution is 1.33. The van der Waals surface area contributed by atoms with Gasteiger partial charge >= 0.3 is 0 Å². The number of halogens is 1. The lowest BCUT2D eigenvalue weighted by atomic mass is 10.3. The van der Waals surface area contributed by atoms with Crippen molar-refractivity contribution >= 4 is 34.2 Å². The molecule has 1 rings (SSSR count). The summed E-state index contributed by atoms with van der Waals surface area (Å²) in [6.45, 7) is 0. The quantitative estimate of drug-likeness (QED) is 0.331. The maximum absolute atomic E-state index is 8.14. The fourth-order valence-electron chi connectivity index (χ4n) is 0.633. The Labute approximate surface area is 77.6 Å². The summed E-state index contributed by atoms with van der Waals surface area (Å²) in [7, 11) is 0. The van der Waals surface area contributed by atoms with Crippen molar-refractivity contribution in [2.45, 2.75) is 4.90 Å². The lowest BCUT2D eigenvalue weighted by Gasteiger charge is -1.98. The predicted octanol–water partition coefficient (Wildman–Crippen LogP) is 3.68. The monoisotopic (exact) mass is 229 g/mol. The Morgan fingerprint density at radius 2 is 2.27 bits per heavy atom. The molecular formula is C6H4BrN3S. The van der Waals surface area contributed by atoms with Crippen LogP contribution in [0.4, 0.5) is 5.69 Å². The molecule has 0 N–H and O–H groups in total. The van der Waals surface area contributed by atoms with E-state index in [9.17, 15) is 0 Å². The Hall–Kier alpha value is -0.640. The smallest absolute Gasteiger partial charge is 0.0520 e. The van der Waals surface area contributed by atoms with Crippen LogP contribution in [0, 0.1) is 0 Å². The first-order valence-corrected chi connectivity index (χ1v) is 4.02. The van der Waals surface area contributed by atoms with Crippen molar-refractivity contribution < 1.29 is 0 Å². The second kappa shape index (κ2) is 3.67. The summed E-state index contributed by atoms with van der Waals surface area (Å²) in [6, 6.07) is 5.32. The minimum Gasteiger partial charge on any atom is -0.142 e. The molecule has 0 saturated carbocycles. The molecule has 0 atom stereocenters. The molecule has 56 valence electrons. The molecule has 0 heterocycles. The number of hydrogen-bond donors (Lipinski definition) is 1. The summed E-state index contributed by atoms with van der Waals surface area (Å²) in [5, 5.41) is 3.44. The van der Waals surface area contributed by atoms with Gasteiger partial charge in [-0.25, -0.2) is 0 Å². The normalized spacial score (nSPS) is 8.91. The number of benzene rings is 1. The van der Waals surface area contributed by atoms with E-state index in [4.69, 9.17) is 5.53 Å². The molecule has 0 aliphatic heterocycles. The van der Waals surface area contributed by atoms with Crippen LogP contribution < -0.4 is 0 Å². The van der Waals surface area contributed by atoms with Crippen molar-refractivity contribution in [2.24, 2.45) is 5.11 Å². The van der Waals surface area contributed by atoms with E-state index < -0.39 is 0 Å². The Bertz CT molecular complexity index is 320. The van der Waals surface area contributed by atoms with E-state index in [-0.39, 0.29) is 0 Å². The maximum atomic E-state index is 8.14. The highest BCUT2D eigenvalue weighted by Gasteiger charge is 1.98. The van der Waals surface area contributed by atoms with Gasteiger partial charge in [0.15, 0.2) is 0 Å². The van der Waals surface area contributed by atoms with Crippen LogP contribution in [-0.2, 0) is 0 Å². The standard InChI is InChI=1S/C6H4BrN3S/c7-4-2-1-3-5(6(4)11)9-10-8/h1-3,11H. The molecule has 1 aromatic carbocycles. The summed E-state index contributed by atoms with van der Waals surface area (Å²) >= 11 is 7.39. The zero-order chi connectivity index (χ0) is 8.27. The second-order valence-electron chi connectivity index (χ2n) is 1.80. The van der Waals surface area contributed by atoms with E-state index in [1.165, 1.54) is 0 Å². The van der Waals surface area contributed by atoms with Gasteiger partial charge in [-0.2, -0.15) is 0 Å². The number of azide groups is 1. The molecule has 0 fully saturated rings. The Morgan fingerprint density at radius 1 is 1.55 bits per heavy atom. The highest BCUT2D eigenvalue weighted by Crippen LogP contribution is 2.30. The average Bonchev–Trinajstić information content (AvgIpc) is 1.99. The minimum absolute atomic E-state index is 0.533. The third-order valence-electron chi connectivity index (χ3n) is 1.12. The number of rotatable bonds is 1. The highest BCUT2D eigenvalue weighted by atomic mass is 79.9. The summed E-state index contributed by atoms with van der Waals surface area (Å²) in [5.74, 6) is 0. The zero-order valence-corrected chi connectivity index (χ0v) is 7.88. The lowest BCUT2D eigenvalue weighted by Crippen LogP contribution is -1.69. The van der Waals surface area contributed by atoms with Crippen molar-refractivity contribution in [3.05, 3.63) is 33.1 Å². The van der Waals surface area contributed by atoms with Gasteiger partial charge in [-0.05, 0) is 27.5 Å². The molecule has 0 saturated heterocycles. The highest BCUT2D eigenvalue weighted by molar-refractivity contribution is 9.10. The molecule has 0 unspecified atom stereocenters.